The molecular formula is C10H13B2FN2O4S2. The van der Waals surface area contributed by atoms with Gasteiger partial charge in [-0.25, -0.2) is 4.39 Å². The van der Waals surface area contributed by atoms with Crippen LogP contribution in [0.25, 0.3) is 0 Å². The molecule has 0 amide bonds. The molecule has 4 unspecified atom stereocenters. The van der Waals surface area contributed by atoms with Crippen molar-refractivity contribution >= 4 is 40.1 Å². The summed E-state index contributed by atoms with van der Waals surface area (Å²) in [4.78, 5) is 2.46. The van der Waals surface area contributed by atoms with Crippen molar-refractivity contribution in [2.24, 2.45) is 0 Å². The molecule has 2 heterocycles. The van der Waals surface area contributed by atoms with Gasteiger partial charge in [-0.1, -0.05) is 12.2 Å². The van der Waals surface area contributed by atoms with Gasteiger partial charge in [0.25, 0.3) is 0 Å². The SMILES string of the molecule is [B]C1OC(n2cc(F)c(=S)[nH]c2=S)C(C)(O)C1O.[B]CO. The number of aliphatic hydroxyl groups is 3. The van der Waals surface area contributed by atoms with Crippen LogP contribution < -0.4 is 0 Å². The molecule has 0 spiro atoms. The highest BCUT2D eigenvalue weighted by Gasteiger charge is 2.51. The maximum atomic E-state index is 13.4. The number of aromatic nitrogens is 2. The van der Waals surface area contributed by atoms with Gasteiger partial charge < -0.3 is 25.0 Å². The van der Waals surface area contributed by atoms with E-state index in [2.05, 4.69) is 12.8 Å². The predicted molar refractivity (Wildman–Crippen MR) is 79.5 cm³/mol. The van der Waals surface area contributed by atoms with Crippen molar-refractivity contribution in [2.75, 3.05) is 6.51 Å². The third kappa shape index (κ3) is 3.79. The van der Waals surface area contributed by atoms with Crippen LogP contribution in [-0.2, 0) is 4.74 Å². The van der Waals surface area contributed by atoms with E-state index in [1.165, 1.54) is 6.92 Å². The van der Waals surface area contributed by atoms with Gasteiger partial charge in [-0.15, -0.1) is 0 Å². The fourth-order valence-corrected chi connectivity index (χ4v) is 2.29. The average molecular weight is 330 g/mol. The van der Waals surface area contributed by atoms with Crippen molar-refractivity contribution in [1.82, 2.24) is 9.55 Å². The lowest BCUT2D eigenvalue weighted by molar-refractivity contribution is -0.0957. The van der Waals surface area contributed by atoms with Crippen LogP contribution in [0, 0.1) is 15.2 Å². The Morgan fingerprint density at radius 3 is 2.52 bits per heavy atom. The molecule has 1 aromatic rings. The highest BCUT2D eigenvalue weighted by Crippen LogP contribution is 2.37. The lowest BCUT2D eigenvalue weighted by Crippen LogP contribution is -2.43. The minimum absolute atomic E-state index is 0.0629. The highest BCUT2D eigenvalue weighted by atomic mass is 32.1. The number of aromatic amines is 1. The minimum Gasteiger partial charge on any atom is -0.406 e. The molecule has 112 valence electrons. The van der Waals surface area contributed by atoms with Crippen LogP contribution in [0.3, 0.4) is 0 Å². The van der Waals surface area contributed by atoms with Crippen LogP contribution in [0.5, 0.6) is 0 Å². The third-order valence-electron chi connectivity index (χ3n) is 2.87. The van der Waals surface area contributed by atoms with Crippen LogP contribution in [-0.4, -0.2) is 64.8 Å². The normalized spacial score (nSPS) is 31.6. The van der Waals surface area contributed by atoms with Crippen molar-refractivity contribution in [3.05, 3.63) is 21.4 Å². The summed E-state index contributed by atoms with van der Waals surface area (Å²) in [7, 11) is 9.90. The first-order chi connectivity index (χ1) is 9.66. The van der Waals surface area contributed by atoms with E-state index in [4.69, 9.17) is 42.1 Å². The summed E-state index contributed by atoms with van der Waals surface area (Å²) in [6.07, 6.45) is -1.41. The first-order valence-corrected chi connectivity index (χ1v) is 6.61. The van der Waals surface area contributed by atoms with Gasteiger partial charge >= 0.3 is 0 Å². The topological polar surface area (TPSA) is 90.6 Å². The second kappa shape index (κ2) is 7.12. The lowest BCUT2D eigenvalue weighted by Gasteiger charge is -2.28. The Bertz CT molecular complexity index is 609. The number of halogens is 1. The van der Waals surface area contributed by atoms with Crippen molar-refractivity contribution in [2.45, 2.75) is 30.9 Å². The molecule has 0 aromatic carbocycles. The molecular weight excluding hydrogens is 317 g/mol. The Kier molecular flexibility index (Phi) is 6.26. The van der Waals surface area contributed by atoms with E-state index in [0.717, 1.165) is 10.8 Å². The molecule has 1 aliphatic heterocycles. The number of nitrogens with one attached hydrogen (secondary N) is 1. The van der Waals surface area contributed by atoms with Crippen molar-refractivity contribution in [3.8, 4) is 0 Å². The minimum atomic E-state index is -1.69. The van der Waals surface area contributed by atoms with Crippen LogP contribution in [0.1, 0.15) is 13.2 Å². The molecule has 1 aliphatic rings. The van der Waals surface area contributed by atoms with E-state index in [9.17, 15) is 14.6 Å². The van der Waals surface area contributed by atoms with Crippen LogP contribution in [0.2, 0.25) is 0 Å². The summed E-state index contributed by atoms with van der Waals surface area (Å²) >= 11 is 9.67. The Morgan fingerprint density at radius 2 is 2.10 bits per heavy atom. The van der Waals surface area contributed by atoms with Gasteiger partial charge in [-0.05, 0) is 19.1 Å². The molecule has 0 saturated carbocycles. The summed E-state index contributed by atoms with van der Waals surface area (Å²) in [5.74, 6) is -0.715. The molecule has 11 heteroatoms. The van der Waals surface area contributed by atoms with Crippen molar-refractivity contribution in [3.63, 3.8) is 0 Å². The van der Waals surface area contributed by atoms with Crippen molar-refractivity contribution < 1.29 is 24.4 Å². The van der Waals surface area contributed by atoms with Gasteiger partial charge in [0.15, 0.2) is 16.8 Å². The summed E-state index contributed by atoms with van der Waals surface area (Å²) in [5, 5.41) is 27.2. The molecule has 0 aliphatic carbocycles. The standard InChI is InChI=1S/C9H10BFN2O3S2.CH3BO/c1-9(15)4(14)5(10)16-7(9)13-2-3(11)6(17)12-8(13)18;2-1-3/h2,4-5,7,14-15H,1H3,(H,12,17,18);3H,1H2. The summed E-state index contributed by atoms with van der Waals surface area (Å²) in [6, 6.07) is -1.09. The van der Waals surface area contributed by atoms with E-state index in [1.54, 1.807) is 0 Å². The molecule has 2 rings (SSSR count). The zero-order valence-corrected chi connectivity index (χ0v) is 12.7. The fraction of sp³-hybridized carbons (Fsp3) is 0.600. The maximum absolute atomic E-state index is 13.4. The smallest absolute Gasteiger partial charge is 0.180 e. The van der Waals surface area contributed by atoms with Crippen LogP contribution >= 0.6 is 24.4 Å². The monoisotopic (exact) mass is 330 g/mol. The number of ether oxygens (including phenoxy) is 1. The second-order valence-electron chi connectivity index (χ2n) is 4.45. The molecule has 6 nitrogen and oxygen atoms in total. The van der Waals surface area contributed by atoms with Gasteiger partial charge in [-0.3, -0.25) is 4.57 Å². The molecule has 0 bridgehead atoms. The second-order valence-corrected chi connectivity index (χ2v) is 5.24. The van der Waals surface area contributed by atoms with Crippen LogP contribution in [0.4, 0.5) is 4.39 Å². The quantitative estimate of drug-likeness (QED) is 0.416. The summed E-state index contributed by atoms with van der Waals surface area (Å²) in [5.41, 5.74) is -1.69. The molecule has 4 atom stereocenters. The fourth-order valence-electron chi connectivity index (χ4n) is 1.82. The average Bonchev–Trinajstić information content (AvgIpc) is 2.58. The Hall–Kier alpha value is -0.580. The Morgan fingerprint density at radius 1 is 1.57 bits per heavy atom. The molecule has 4 N–H and O–H groups in total. The van der Waals surface area contributed by atoms with E-state index in [1.807, 2.05) is 0 Å². The van der Waals surface area contributed by atoms with Gasteiger partial charge in [0.05, 0.1) is 0 Å². The number of hydrogen-bond acceptors (Lipinski definition) is 6. The number of rotatable bonds is 1. The molecule has 1 saturated heterocycles. The Labute approximate surface area is 133 Å². The molecule has 4 radical (unpaired) electrons. The van der Waals surface area contributed by atoms with Crippen molar-refractivity contribution in [1.29, 1.82) is 0 Å². The Balaban J connectivity index is 0.000000677. The first kappa shape index (κ1) is 18.5. The van der Waals surface area contributed by atoms with Gasteiger partial charge in [0, 0.05) is 18.7 Å². The zero-order valence-electron chi connectivity index (χ0n) is 11.1. The molecule has 1 aromatic heterocycles. The largest absolute Gasteiger partial charge is 0.406 e. The zero-order chi connectivity index (χ0) is 16.4. The van der Waals surface area contributed by atoms with Crippen LogP contribution in [0.15, 0.2) is 6.20 Å². The third-order valence-corrected chi connectivity index (χ3v) is 3.48. The van der Waals surface area contributed by atoms with Gasteiger partial charge in [-0.2, -0.15) is 0 Å². The van der Waals surface area contributed by atoms with Gasteiger partial charge in [0.2, 0.25) is 0 Å². The summed E-state index contributed by atoms with van der Waals surface area (Å²) < 4.78 is 19.7. The number of H-pyrrole nitrogens is 1. The van der Waals surface area contributed by atoms with E-state index >= 15 is 0 Å². The summed E-state index contributed by atoms with van der Waals surface area (Å²) in [6.45, 7) is 1.08. The highest BCUT2D eigenvalue weighted by molar-refractivity contribution is 7.72. The molecule has 1 fully saturated rings. The maximum Gasteiger partial charge on any atom is 0.180 e. The predicted octanol–water partition coefficient (Wildman–Crippen LogP) is -0.346. The first-order valence-electron chi connectivity index (χ1n) is 5.80. The van der Waals surface area contributed by atoms with Gasteiger partial charge in [0.1, 0.15) is 32.0 Å². The molecule has 21 heavy (non-hydrogen) atoms. The van der Waals surface area contributed by atoms with E-state index in [0.29, 0.717) is 0 Å². The number of aliphatic hydroxyl groups excluding tert-OH is 2. The van der Waals surface area contributed by atoms with E-state index < -0.39 is 29.8 Å². The van der Waals surface area contributed by atoms with E-state index in [-0.39, 0.29) is 15.9 Å². The number of nitrogens with zero attached hydrogens (tertiary/aromatic N) is 1. The number of hydrogen-bond donors (Lipinski definition) is 4. The lowest BCUT2D eigenvalue weighted by atomic mass is 9.87.